The van der Waals surface area contributed by atoms with Crippen LogP contribution in [0.5, 0.6) is 0 Å². The van der Waals surface area contributed by atoms with Crippen LogP contribution in [-0.4, -0.2) is 51.0 Å². The van der Waals surface area contributed by atoms with Crippen molar-refractivity contribution in [2.75, 3.05) is 11.9 Å². The first-order valence-electron chi connectivity index (χ1n) is 11.0. The third-order valence-electron chi connectivity index (χ3n) is 6.21. The maximum absolute atomic E-state index is 12.7. The minimum absolute atomic E-state index is 0.318. The summed E-state index contributed by atoms with van der Waals surface area (Å²) in [6.45, 7) is 1.25. The fourth-order valence-corrected chi connectivity index (χ4v) is 4.66. The number of amides is 3. The average molecular weight is 473 g/mol. The molecule has 174 valence electrons. The monoisotopic (exact) mass is 472 g/mol. The number of carbonyl (C=O) groups excluding carboxylic acids is 4. The molecule has 1 aromatic carbocycles. The minimum atomic E-state index is -1.07. The predicted molar refractivity (Wildman–Crippen MR) is 119 cm³/mol. The van der Waals surface area contributed by atoms with Crippen LogP contribution < -0.4 is 5.32 Å². The minimum Gasteiger partial charge on any atom is -0.454 e. The smallest absolute Gasteiger partial charge is 0.329 e. The molecule has 0 radical (unpaired) electrons. The first-order chi connectivity index (χ1) is 15.9. The van der Waals surface area contributed by atoms with E-state index in [9.17, 15) is 19.2 Å². The van der Waals surface area contributed by atoms with Gasteiger partial charge in [-0.2, -0.15) is 5.10 Å². The van der Waals surface area contributed by atoms with E-state index in [1.807, 2.05) is 18.2 Å². The second-order valence-electron chi connectivity index (χ2n) is 8.34. The van der Waals surface area contributed by atoms with E-state index >= 15 is 0 Å². The van der Waals surface area contributed by atoms with Gasteiger partial charge in [0, 0.05) is 11.1 Å². The summed E-state index contributed by atoms with van der Waals surface area (Å²) >= 11 is 6.19. The quantitative estimate of drug-likeness (QED) is 0.490. The van der Waals surface area contributed by atoms with Gasteiger partial charge in [-0.1, -0.05) is 42.6 Å². The molecule has 10 heteroatoms. The van der Waals surface area contributed by atoms with Crippen LogP contribution in [0.1, 0.15) is 38.2 Å². The molecule has 0 spiro atoms. The summed E-state index contributed by atoms with van der Waals surface area (Å²) in [5, 5.41) is 7.42. The molecule has 33 heavy (non-hydrogen) atoms. The Morgan fingerprint density at radius 2 is 1.82 bits per heavy atom. The molecule has 0 bridgehead atoms. The molecular formula is C23H25ClN4O5. The molecule has 3 atom stereocenters. The van der Waals surface area contributed by atoms with Gasteiger partial charge in [-0.05, 0) is 31.4 Å². The molecule has 3 amide bonds. The van der Waals surface area contributed by atoms with E-state index in [2.05, 4.69) is 10.4 Å². The Morgan fingerprint density at radius 1 is 1.15 bits per heavy atom. The van der Waals surface area contributed by atoms with Crippen LogP contribution in [0.2, 0.25) is 5.02 Å². The molecule has 1 saturated heterocycles. The molecule has 9 nitrogen and oxygen atoms in total. The number of hydrogen-bond acceptors (Lipinski definition) is 6. The summed E-state index contributed by atoms with van der Waals surface area (Å²) in [7, 11) is 0. The van der Waals surface area contributed by atoms with Crippen molar-refractivity contribution in [3.63, 3.8) is 0 Å². The van der Waals surface area contributed by atoms with E-state index in [1.54, 1.807) is 16.8 Å². The number of esters is 1. The third-order valence-corrected chi connectivity index (χ3v) is 6.58. The number of carbonyl (C=O) groups is 4. The Kier molecular flexibility index (Phi) is 6.78. The highest BCUT2D eigenvalue weighted by Gasteiger charge is 2.51. The fourth-order valence-electron chi connectivity index (χ4n) is 4.46. The number of aromatic nitrogens is 2. The van der Waals surface area contributed by atoms with E-state index in [0.29, 0.717) is 30.2 Å². The first kappa shape index (κ1) is 23.0. The molecule has 2 unspecified atom stereocenters. The summed E-state index contributed by atoms with van der Waals surface area (Å²) in [5.74, 6) is -2.27. The van der Waals surface area contributed by atoms with Gasteiger partial charge in [0.25, 0.3) is 5.91 Å². The average Bonchev–Trinajstić information content (AvgIpc) is 3.35. The number of ether oxygens (including phenoxy) is 1. The number of hydrogen-bond donors (Lipinski definition) is 1. The van der Waals surface area contributed by atoms with Gasteiger partial charge in [0.2, 0.25) is 11.8 Å². The van der Waals surface area contributed by atoms with Crippen LogP contribution in [0.15, 0.2) is 36.5 Å². The Bertz CT molecular complexity index is 1060. The van der Waals surface area contributed by atoms with E-state index in [4.69, 9.17) is 16.3 Å². The molecule has 2 aliphatic rings. The Balaban J connectivity index is 1.32. The molecule has 1 aliphatic heterocycles. The van der Waals surface area contributed by atoms with Crippen molar-refractivity contribution < 1.29 is 23.9 Å². The molecule has 2 aromatic rings. The van der Waals surface area contributed by atoms with Crippen molar-refractivity contribution in [3.05, 3.63) is 47.1 Å². The number of benzene rings is 1. The van der Waals surface area contributed by atoms with Gasteiger partial charge in [-0.15, -0.1) is 0 Å². The van der Waals surface area contributed by atoms with Crippen LogP contribution in [-0.2, 0) is 30.5 Å². The SMILES string of the molecule is C[C@@H](C(=O)OCC(=O)Nc1ccnn1Cc1ccccc1Cl)N1C(=O)C2CCCCC2C1=O. The maximum atomic E-state index is 12.7. The van der Waals surface area contributed by atoms with Gasteiger partial charge in [-0.3, -0.25) is 19.3 Å². The number of rotatable bonds is 7. The highest BCUT2D eigenvalue weighted by molar-refractivity contribution is 6.31. The normalized spacial score (nSPS) is 21.0. The van der Waals surface area contributed by atoms with Crippen molar-refractivity contribution in [2.45, 2.75) is 45.2 Å². The molecule has 1 aliphatic carbocycles. The van der Waals surface area contributed by atoms with E-state index in [-0.39, 0.29) is 23.7 Å². The number of likely N-dealkylation sites (tertiary alicyclic amines) is 1. The summed E-state index contributed by atoms with van der Waals surface area (Å²) < 4.78 is 6.67. The third kappa shape index (κ3) is 4.78. The van der Waals surface area contributed by atoms with Crippen molar-refractivity contribution in [2.24, 2.45) is 11.8 Å². The van der Waals surface area contributed by atoms with E-state index < -0.39 is 24.5 Å². The number of nitrogens with zero attached hydrogens (tertiary/aromatic N) is 3. The second kappa shape index (κ2) is 9.74. The summed E-state index contributed by atoms with van der Waals surface area (Å²) in [6.07, 6.45) is 4.67. The fraction of sp³-hybridized carbons (Fsp3) is 0.435. The Labute approximate surface area is 196 Å². The van der Waals surface area contributed by atoms with Gasteiger partial charge in [0.05, 0.1) is 24.6 Å². The Hall–Kier alpha value is -3.20. The van der Waals surface area contributed by atoms with E-state index in [1.165, 1.54) is 13.1 Å². The summed E-state index contributed by atoms with van der Waals surface area (Å²) in [4.78, 5) is 51.2. The highest BCUT2D eigenvalue weighted by atomic mass is 35.5. The zero-order chi connectivity index (χ0) is 23.5. The van der Waals surface area contributed by atoms with Gasteiger partial charge in [0.15, 0.2) is 6.61 Å². The van der Waals surface area contributed by atoms with Gasteiger partial charge in [-0.25, -0.2) is 9.48 Å². The highest BCUT2D eigenvalue weighted by Crippen LogP contribution is 2.38. The molecule has 4 rings (SSSR count). The maximum Gasteiger partial charge on any atom is 0.329 e. The molecule has 1 N–H and O–H groups in total. The standard InChI is InChI=1S/C23H25ClN4O5/c1-14(28-21(30)16-7-3-4-8-17(16)22(28)31)23(32)33-13-20(29)26-19-10-11-25-27(19)12-15-6-2-5-9-18(15)24/h2,5-6,9-11,14,16-17H,3-4,7-8,12-13H2,1H3,(H,26,29)/t14-,16?,17?/m0/s1. The van der Waals surface area contributed by atoms with Crippen molar-refractivity contribution in [1.82, 2.24) is 14.7 Å². The summed E-state index contributed by atoms with van der Waals surface area (Å²) in [5.41, 5.74) is 0.833. The second-order valence-corrected chi connectivity index (χ2v) is 8.75. The van der Waals surface area contributed by atoms with Gasteiger partial charge in [0.1, 0.15) is 11.9 Å². The lowest BCUT2D eigenvalue weighted by atomic mass is 9.81. The summed E-state index contributed by atoms with van der Waals surface area (Å²) in [6, 6.07) is 7.84. The first-order valence-corrected chi connectivity index (χ1v) is 11.3. The predicted octanol–water partition coefficient (Wildman–Crippen LogP) is 2.63. The molecule has 1 saturated carbocycles. The van der Waals surface area contributed by atoms with Crippen molar-refractivity contribution >= 4 is 41.1 Å². The van der Waals surface area contributed by atoms with Crippen LogP contribution in [0.3, 0.4) is 0 Å². The largest absolute Gasteiger partial charge is 0.454 e. The lowest BCUT2D eigenvalue weighted by Crippen LogP contribution is -2.45. The van der Waals surface area contributed by atoms with Gasteiger partial charge >= 0.3 is 5.97 Å². The van der Waals surface area contributed by atoms with Gasteiger partial charge < -0.3 is 10.1 Å². The molecular weight excluding hydrogens is 448 g/mol. The van der Waals surface area contributed by atoms with Crippen LogP contribution in [0.25, 0.3) is 0 Å². The number of imide groups is 1. The molecule has 2 fully saturated rings. The van der Waals surface area contributed by atoms with Crippen molar-refractivity contribution in [1.29, 1.82) is 0 Å². The molecule has 2 heterocycles. The molecule has 1 aromatic heterocycles. The number of halogens is 1. The van der Waals surface area contributed by atoms with Crippen LogP contribution >= 0.6 is 11.6 Å². The lowest BCUT2D eigenvalue weighted by Gasteiger charge is -2.21. The number of anilines is 1. The Morgan fingerprint density at radius 3 is 2.48 bits per heavy atom. The topological polar surface area (TPSA) is 111 Å². The van der Waals surface area contributed by atoms with Crippen LogP contribution in [0.4, 0.5) is 5.82 Å². The number of nitrogens with one attached hydrogen (secondary N) is 1. The van der Waals surface area contributed by atoms with Crippen molar-refractivity contribution in [3.8, 4) is 0 Å². The van der Waals surface area contributed by atoms with E-state index in [0.717, 1.165) is 23.3 Å². The number of fused-ring (bicyclic) bond motifs is 1. The van der Waals surface area contributed by atoms with Crippen LogP contribution in [0, 0.1) is 11.8 Å². The zero-order valence-electron chi connectivity index (χ0n) is 18.2. The lowest BCUT2D eigenvalue weighted by molar-refractivity contribution is -0.159. The zero-order valence-corrected chi connectivity index (χ0v) is 19.0.